The van der Waals surface area contributed by atoms with E-state index in [9.17, 15) is 19.5 Å². The monoisotopic (exact) mass is 360 g/mol. The number of para-hydroxylation sites is 1. The molecule has 3 rings (SSSR count). The van der Waals surface area contributed by atoms with Gasteiger partial charge in [-0.05, 0) is 36.8 Å². The van der Waals surface area contributed by atoms with Crippen LogP contribution >= 0.6 is 0 Å². The number of carbonyl (C=O) groups excluding carboxylic acids is 2. The average Bonchev–Trinajstić information content (AvgIpc) is 3.18. The first kappa shape index (κ1) is 18.2. The summed E-state index contributed by atoms with van der Waals surface area (Å²) in [7, 11) is 0. The molecule has 1 aromatic rings. The summed E-state index contributed by atoms with van der Waals surface area (Å²) in [5.74, 6) is -0.780. The van der Waals surface area contributed by atoms with Gasteiger partial charge < -0.3 is 20.1 Å². The highest BCUT2D eigenvalue weighted by Crippen LogP contribution is 2.59. The number of fused-ring (bicyclic) bond motifs is 1. The van der Waals surface area contributed by atoms with Crippen molar-refractivity contribution >= 4 is 17.8 Å². The Labute approximate surface area is 152 Å². The molecule has 2 aliphatic rings. The van der Waals surface area contributed by atoms with Gasteiger partial charge in [-0.1, -0.05) is 25.1 Å². The third-order valence-corrected chi connectivity index (χ3v) is 5.21. The number of carbonyl (C=O) groups is 3. The minimum Gasteiger partial charge on any atom is -0.494 e. The molecule has 0 spiro atoms. The summed E-state index contributed by atoms with van der Waals surface area (Å²) >= 11 is 0. The van der Waals surface area contributed by atoms with E-state index in [1.807, 2.05) is 37.3 Å². The maximum atomic E-state index is 12.4. The maximum Gasteiger partial charge on any atom is 0.326 e. The number of hydrogen-bond donors (Lipinski definition) is 2. The molecule has 1 heterocycles. The zero-order valence-corrected chi connectivity index (χ0v) is 14.8. The van der Waals surface area contributed by atoms with Crippen molar-refractivity contribution in [1.82, 2.24) is 10.2 Å². The SMILES string of the molecule is C[C@]12CC1N(C(=O)CNC(=O)CCCOc1ccccc1)[C@H](C(=O)O)C2. The van der Waals surface area contributed by atoms with Crippen molar-refractivity contribution < 1.29 is 24.2 Å². The molecule has 3 atom stereocenters. The number of rotatable bonds is 8. The van der Waals surface area contributed by atoms with Crippen molar-refractivity contribution in [3.8, 4) is 5.75 Å². The largest absolute Gasteiger partial charge is 0.494 e. The van der Waals surface area contributed by atoms with Crippen LogP contribution in [-0.2, 0) is 14.4 Å². The number of nitrogens with one attached hydrogen (secondary N) is 1. The first-order chi connectivity index (χ1) is 12.4. The van der Waals surface area contributed by atoms with Gasteiger partial charge in [0.05, 0.1) is 13.2 Å². The van der Waals surface area contributed by atoms with Gasteiger partial charge >= 0.3 is 5.97 Å². The van der Waals surface area contributed by atoms with Crippen LogP contribution in [0.2, 0.25) is 0 Å². The van der Waals surface area contributed by atoms with Crippen LogP contribution in [0.1, 0.15) is 32.6 Å². The Morgan fingerprint density at radius 2 is 2.00 bits per heavy atom. The van der Waals surface area contributed by atoms with E-state index in [0.29, 0.717) is 19.4 Å². The second kappa shape index (κ2) is 7.35. The predicted molar refractivity (Wildman–Crippen MR) is 93.6 cm³/mol. The highest BCUT2D eigenvalue weighted by molar-refractivity contribution is 5.89. The Hall–Kier alpha value is -2.57. The quantitative estimate of drug-likeness (QED) is 0.684. The number of nitrogens with zero attached hydrogens (tertiary/aromatic N) is 1. The van der Waals surface area contributed by atoms with Gasteiger partial charge in [-0.25, -0.2) is 4.79 Å². The molecule has 1 aliphatic carbocycles. The van der Waals surface area contributed by atoms with Gasteiger partial charge in [0.1, 0.15) is 11.8 Å². The summed E-state index contributed by atoms with van der Waals surface area (Å²) in [5.41, 5.74) is -0.0719. The van der Waals surface area contributed by atoms with Crippen LogP contribution in [-0.4, -0.2) is 53.0 Å². The first-order valence-electron chi connectivity index (χ1n) is 8.89. The molecule has 1 aromatic carbocycles. The molecule has 1 aliphatic heterocycles. The fraction of sp³-hybridized carbons (Fsp3) is 0.526. The number of aliphatic carboxylic acids is 1. The minimum absolute atomic E-state index is 0.00715. The van der Waals surface area contributed by atoms with Crippen LogP contribution < -0.4 is 10.1 Å². The number of amides is 2. The molecule has 140 valence electrons. The van der Waals surface area contributed by atoms with Crippen molar-refractivity contribution in [3.63, 3.8) is 0 Å². The molecular formula is C19H24N2O5. The zero-order valence-electron chi connectivity index (χ0n) is 14.8. The van der Waals surface area contributed by atoms with E-state index in [1.54, 1.807) is 0 Å². The van der Waals surface area contributed by atoms with Gasteiger partial charge in [-0.2, -0.15) is 0 Å². The van der Waals surface area contributed by atoms with E-state index in [0.717, 1.165) is 12.2 Å². The van der Waals surface area contributed by atoms with Gasteiger partial charge in [-0.3, -0.25) is 9.59 Å². The lowest BCUT2D eigenvalue weighted by Gasteiger charge is -2.24. The van der Waals surface area contributed by atoms with Crippen molar-refractivity contribution in [2.75, 3.05) is 13.2 Å². The molecule has 2 N–H and O–H groups in total. The fourth-order valence-corrected chi connectivity index (χ4v) is 3.64. The lowest BCUT2D eigenvalue weighted by molar-refractivity contribution is -0.149. The van der Waals surface area contributed by atoms with Crippen LogP contribution in [0.3, 0.4) is 0 Å². The average molecular weight is 360 g/mol. The van der Waals surface area contributed by atoms with E-state index in [2.05, 4.69) is 5.32 Å². The van der Waals surface area contributed by atoms with Gasteiger partial charge in [-0.15, -0.1) is 0 Å². The number of benzene rings is 1. The van der Waals surface area contributed by atoms with E-state index in [-0.39, 0.29) is 36.2 Å². The smallest absolute Gasteiger partial charge is 0.326 e. The van der Waals surface area contributed by atoms with E-state index >= 15 is 0 Å². The Morgan fingerprint density at radius 1 is 1.27 bits per heavy atom. The standard InChI is InChI=1S/C19H24N2O5/c1-19-10-14(18(24)25)21(15(19)11-19)17(23)12-20-16(22)8-5-9-26-13-6-3-2-4-7-13/h2-4,6-7,14-15H,5,8-12H2,1H3,(H,20,22)(H,24,25)/t14-,15?,19-/m0/s1. The van der Waals surface area contributed by atoms with E-state index in [1.165, 1.54) is 4.90 Å². The molecule has 0 aromatic heterocycles. The maximum absolute atomic E-state index is 12.4. The summed E-state index contributed by atoms with van der Waals surface area (Å²) in [6, 6.07) is 8.56. The minimum atomic E-state index is -0.976. The fourth-order valence-electron chi connectivity index (χ4n) is 3.64. The lowest BCUT2D eigenvalue weighted by atomic mass is 10.0. The summed E-state index contributed by atoms with van der Waals surface area (Å²) in [6.45, 7) is 2.26. The predicted octanol–water partition coefficient (Wildman–Crippen LogP) is 1.43. The number of carboxylic acid groups (broad SMARTS) is 1. The Bertz CT molecular complexity index is 692. The molecule has 0 radical (unpaired) electrons. The number of likely N-dealkylation sites (tertiary alicyclic amines) is 1. The van der Waals surface area contributed by atoms with Crippen LogP contribution in [0.4, 0.5) is 0 Å². The van der Waals surface area contributed by atoms with Crippen LogP contribution in [0.15, 0.2) is 30.3 Å². The Balaban J connectivity index is 1.37. The zero-order chi connectivity index (χ0) is 18.7. The molecule has 0 bridgehead atoms. The molecule has 26 heavy (non-hydrogen) atoms. The topological polar surface area (TPSA) is 95.9 Å². The third kappa shape index (κ3) is 3.98. The van der Waals surface area contributed by atoms with E-state index in [4.69, 9.17) is 4.74 Å². The van der Waals surface area contributed by atoms with Crippen molar-refractivity contribution in [1.29, 1.82) is 0 Å². The summed E-state index contributed by atoms with van der Waals surface area (Å²) in [5, 5.41) is 11.9. The van der Waals surface area contributed by atoms with Gasteiger partial charge in [0.2, 0.25) is 11.8 Å². The van der Waals surface area contributed by atoms with Crippen LogP contribution in [0.25, 0.3) is 0 Å². The number of piperidine rings is 1. The number of hydrogen-bond acceptors (Lipinski definition) is 4. The summed E-state index contributed by atoms with van der Waals surface area (Å²) in [4.78, 5) is 37.1. The third-order valence-electron chi connectivity index (χ3n) is 5.21. The van der Waals surface area contributed by atoms with Crippen molar-refractivity contribution in [2.45, 2.75) is 44.7 Å². The van der Waals surface area contributed by atoms with E-state index < -0.39 is 12.0 Å². The Kier molecular flexibility index (Phi) is 5.15. The number of carboxylic acids is 1. The summed E-state index contributed by atoms with van der Waals surface area (Å²) in [6.07, 6.45) is 2.12. The second-order valence-electron chi connectivity index (χ2n) is 7.27. The molecule has 1 saturated carbocycles. The molecule has 2 amide bonds. The molecule has 2 fully saturated rings. The highest BCUT2D eigenvalue weighted by atomic mass is 16.5. The normalized spacial score (nSPS) is 26.1. The molecule has 7 nitrogen and oxygen atoms in total. The van der Waals surface area contributed by atoms with Crippen molar-refractivity contribution in [3.05, 3.63) is 30.3 Å². The number of ether oxygens (including phenoxy) is 1. The molecular weight excluding hydrogens is 336 g/mol. The van der Waals surface area contributed by atoms with Crippen molar-refractivity contribution in [2.24, 2.45) is 5.41 Å². The molecule has 1 unspecified atom stereocenters. The second-order valence-corrected chi connectivity index (χ2v) is 7.27. The van der Waals surface area contributed by atoms with Gasteiger partial charge in [0, 0.05) is 12.5 Å². The first-order valence-corrected chi connectivity index (χ1v) is 8.89. The molecule has 1 saturated heterocycles. The summed E-state index contributed by atoms with van der Waals surface area (Å²) < 4.78 is 5.51. The Morgan fingerprint density at radius 3 is 2.69 bits per heavy atom. The van der Waals surface area contributed by atoms with Gasteiger partial charge in [0.25, 0.3) is 0 Å². The van der Waals surface area contributed by atoms with Gasteiger partial charge in [0.15, 0.2) is 0 Å². The lowest BCUT2D eigenvalue weighted by Crippen LogP contribution is -2.47. The molecule has 7 heteroatoms. The van der Waals surface area contributed by atoms with Crippen LogP contribution in [0.5, 0.6) is 5.75 Å². The van der Waals surface area contributed by atoms with Crippen LogP contribution in [0, 0.1) is 5.41 Å². The highest BCUT2D eigenvalue weighted by Gasteiger charge is 2.64.